The lowest BCUT2D eigenvalue weighted by Crippen LogP contribution is -2.58. The molecule has 0 spiro atoms. The van der Waals surface area contributed by atoms with Gasteiger partial charge in [0.15, 0.2) is 17.3 Å². The summed E-state index contributed by atoms with van der Waals surface area (Å²) in [6, 6.07) is 2.84. The monoisotopic (exact) mass is 569 g/mol. The minimum atomic E-state index is -0.630. The van der Waals surface area contributed by atoms with Crippen LogP contribution in [0.4, 0.5) is 10.2 Å². The Hall–Kier alpha value is -4.74. The number of allylic oxidation sites excluding steroid dienone is 2. The summed E-state index contributed by atoms with van der Waals surface area (Å²) in [5.74, 6) is -0.572. The topological polar surface area (TPSA) is 115 Å². The van der Waals surface area contributed by atoms with Gasteiger partial charge in [-0.3, -0.25) is 9.78 Å². The number of hydrogen-bond acceptors (Lipinski definition) is 8. The average Bonchev–Trinajstić information content (AvgIpc) is 3.42. The van der Waals surface area contributed by atoms with E-state index >= 15 is 4.39 Å². The van der Waals surface area contributed by atoms with E-state index in [1.54, 1.807) is 17.3 Å². The summed E-state index contributed by atoms with van der Waals surface area (Å²) in [4.78, 5) is 44.2. The highest BCUT2D eigenvalue weighted by molar-refractivity contribution is 5.90. The van der Waals surface area contributed by atoms with Crippen molar-refractivity contribution in [3.63, 3.8) is 0 Å². The molecule has 2 aliphatic rings. The lowest BCUT2D eigenvalue weighted by molar-refractivity contribution is -0.130. The Kier molecular flexibility index (Phi) is 6.91. The molecule has 1 amide bonds. The molecule has 2 unspecified atom stereocenters. The number of hydrogen-bond donors (Lipinski definition) is 0. The zero-order chi connectivity index (χ0) is 29.7. The number of carbonyl (C=O) groups is 1. The number of amides is 1. The van der Waals surface area contributed by atoms with Gasteiger partial charge in [-0.2, -0.15) is 9.67 Å². The van der Waals surface area contributed by atoms with Gasteiger partial charge in [0.1, 0.15) is 5.82 Å². The fourth-order valence-corrected chi connectivity index (χ4v) is 6.00. The first-order valence-corrected chi connectivity index (χ1v) is 14.1. The van der Waals surface area contributed by atoms with Crippen molar-refractivity contribution in [2.45, 2.75) is 58.5 Å². The number of anilines is 1. The molecule has 4 bridgehead atoms. The number of nitrogens with zero attached hydrogens (tertiary/aromatic N) is 9. The van der Waals surface area contributed by atoms with Crippen LogP contribution in [0.2, 0.25) is 0 Å². The molecule has 0 aliphatic carbocycles. The Balaban J connectivity index is 1.65. The van der Waals surface area contributed by atoms with Crippen molar-refractivity contribution < 1.29 is 9.18 Å². The molecule has 0 saturated carbocycles. The van der Waals surface area contributed by atoms with Gasteiger partial charge >= 0.3 is 5.69 Å². The maximum Gasteiger partial charge on any atom is 0.355 e. The second kappa shape index (κ2) is 10.6. The van der Waals surface area contributed by atoms with E-state index in [4.69, 9.17) is 4.98 Å². The van der Waals surface area contributed by atoms with Crippen molar-refractivity contribution in [1.29, 1.82) is 0 Å². The molecule has 12 heteroatoms. The molecule has 0 radical (unpaired) electrons. The predicted octanol–water partition coefficient (Wildman–Crippen LogP) is 3.29. The van der Waals surface area contributed by atoms with Crippen LogP contribution in [0.5, 0.6) is 0 Å². The summed E-state index contributed by atoms with van der Waals surface area (Å²) in [7, 11) is 0. The van der Waals surface area contributed by atoms with Crippen LogP contribution in [0.3, 0.4) is 0 Å². The maximum absolute atomic E-state index is 15.9. The maximum atomic E-state index is 15.9. The van der Waals surface area contributed by atoms with Crippen LogP contribution in [0.1, 0.15) is 50.6 Å². The quantitative estimate of drug-likeness (QED) is 0.273. The van der Waals surface area contributed by atoms with E-state index in [-0.39, 0.29) is 35.4 Å². The van der Waals surface area contributed by atoms with Crippen molar-refractivity contribution in [3.05, 3.63) is 82.6 Å². The number of halogens is 1. The lowest BCUT2D eigenvalue weighted by Gasteiger charge is -2.44. The van der Waals surface area contributed by atoms with Gasteiger partial charge in [-0.1, -0.05) is 37.8 Å². The van der Waals surface area contributed by atoms with E-state index in [0.29, 0.717) is 54.2 Å². The summed E-state index contributed by atoms with van der Waals surface area (Å²) in [6.07, 6.45) is 9.71. The molecule has 42 heavy (non-hydrogen) atoms. The van der Waals surface area contributed by atoms with Crippen molar-refractivity contribution in [2.75, 3.05) is 18.0 Å². The van der Waals surface area contributed by atoms with Gasteiger partial charge in [-0.05, 0) is 50.0 Å². The predicted molar refractivity (Wildman–Crippen MR) is 157 cm³/mol. The number of fused-ring (bicyclic) bond motifs is 6. The van der Waals surface area contributed by atoms with Gasteiger partial charge in [0, 0.05) is 37.8 Å². The Morgan fingerprint density at radius 2 is 1.86 bits per heavy atom. The highest BCUT2D eigenvalue weighted by atomic mass is 19.1. The number of aromatic nitrogens is 7. The molecular weight excluding hydrogens is 537 g/mol. The summed E-state index contributed by atoms with van der Waals surface area (Å²) in [5.41, 5.74) is 2.52. The smallest absolute Gasteiger partial charge is 0.352 e. The fourth-order valence-electron chi connectivity index (χ4n) is 6.00. The summed E-state index contributed by atoms with van der Waals surface area (Å²) in [6.45, 7) is 12.3. The molecule has 2 aliphatic heterocycles. The highest BCUT2D eigenvalue weighted by Gasteiger charge is 2.34. The van der Waals surface area contributed by atoms with Gasteiger partial charge in [-0.15, -0.1) is 5.10 Å². The van der Waals surface area contributed by atoms with E-state index in [9.17, 15) is 9.59 Å². The zero-order valence-electron chi connectivity index (χ0n) is 24.0. The molecule has 216 valence electrons. The highest BCUT2D eigenvalue weighted by Crippen LogP contribution is 2.32. The summed E-state index contributed by atoms with van der Waals surface area (Å²) >= 11 is 0. The van der Waals surface area contributed by atoms with Gasteiger partial charge in [0.2, 0.25) is 5.91 Å². The minimum absolute atomic E-state index is 0.0178. The zero-order valence-corrected chi connectivity index (χ0v) is 24.0. The van der Waals surface area contributed by atoms with E-state index in [2.05, 4.69) is 26.9 Å². The number of rotatable bonds is 3. The Labute approximate surface area is 242 Å². The van der Waals surface area contributed by atoms with E-state index in [1.165, 1.54) is 21.4 Å². The standard InChI is InChI=1S/C30H32FN9O2/c1-6-24(41)39-18(4)14-37(15-19(39)5)27-22-13-23(31)29-33-28(22)40(30(42)34-27)26-20(11-12-32-25(26)17(2)3)9-7-8-10-21-16-38(29)36-35-21/h6-8,11-13,16-19H,1,9-10,14-15H2,2-5H3/b8-7-. The van der Waals surface area contributed by atoms with Crippen LogP contribution in [-0.2, 0) is 17.6 Å². The Bertz CT molecular complexity index is 1800. The molecule has 1 fully saturated rings. The number of pyridine rings is 2. The molecule has 0 aromatic carbocycles. The van der Waals surface area contributed by atoms with Crippen LogP contribution >= 0.6 is 0 Å². The molecule has 1 saturated heterocycles. The van der Waals surface area contributed by atoms with Crippen LogP contribution in [0.15, 0.2) is 54.1 Å². The SMILES string of the molecule is C=CC(=O)N1C(C)CN(c2nc(=O)n3c4nc(c(F)cc24)-n2cc(nn2)C/C=C\Cc2ccnc(C(C)C)c2-3)CC1C. The van der Waals surface area contributed by atoms with Gasteiger partial charge < -0.3 is 9.80 Å². The summed E-state index contributed by atoms with van der Waals surface area (Å²) < 4.78 is 18.6. The van der Waals surface area contributed by atoms with Crippen LogP contribution < -0.4 is 10.6 Å². The van der Waals surface area contributed by atoms with Crippen molar-refractivity contribution in [3.8, 4) is 11.5 Å². The fraction of sp³-hybridized carbons (Fsp3) is 0.367. The largest absolute Gasteiger partial charge is 0.355 e. The first-order valence-electron chi connectivity index (χ1n) is 14.1. The molecule has 4 aromatic heterocycles. The molecule has 0 N–H and O–H groups in total. The Morgan fingerprint density at radius 3 is 2.57 bits per heavy atom. The van der Waals surface area contributed by atoms with Crippen LogP contribution in [0, 0.1) is 5.82 Å². The molecule has 6 heterocycles. The van der Waals surface area contributed by atoms with Crippen molar-refractivity contribution in [1.82, 2.24) is 39.4 Å². The molecule has 11 nitrogen and oxygen atoms in total. The average molecular weight is 570 g/mol. The first-order chi connectivity index (χ1) is 20.2. The molecular formula is C30H32FN9O2. The molecule has 4 aromatic rings. The third-order valence-corrected chi connectivity index (χ3v) is 7.83. The normalized spacial score (nSPS) is 19.3. The third kappa shape index (κ3) is 4.56. The second-order valence-corrected chi connectivity index (χ2v) is 11.2. The van der Waals surface area contributed by atoms with E-state index < -0.39 is 11.5 Å². The Morgan fingerprint density at radius 1 is 1.12 bits per heavy atom. The minimum Gasteiger partial charge on any atom is -0.352 e. The van der Waals surface area contributed by atoms with Crippen LogP contribution in [0.25, 0.3) is 22.5 Å². The van der Waals surface area contributed by atoms with E-state index in [0.717, 1.165) is 5.56 Å². The first kappa shape index (κ1) is 27.4. The number of carbonyl (C=O) groups excluding carboxylic acids is 1. The van der Waals surface area contributed by atoms with Crippen molar-refractivity contribution >= 4 is 22.8 Å². The number of piperazine rings is 1. The molecule has 6 rings (SSSR count). The molecule has 2 atom stereocenters. The third-order valence-electron chi connectivity index (χ3n) is 7.83. The van der Waals surface area contributed by atoms with Crippen molar-refractivity contribution in [2.24, 2.45) is 0 Å². The van der Waals surface area contributed by atoms with Gasteiger partial charge in [0.25, 0.3) is 0 Å². The second-order valence-electron chi connectivity index (χ2n) is 11.2. The van der Waals surface area contributed by atoms with E-state index in [1.807, 2.05) is 50.8 Å². The van der Waals surface area contributed by atoms with Gasteiger partial charge in [0.05, 0.1) is 28.7 Å². The van der Waals surface area contributed by atoms with Gasteiger partial charge in [-0.25, -0.2) is 18.7 Å². The summed E-state index contributed by atoms with van der Waals surface area (Å²) in [5, 5.41) is 8.66. The lowest BCUT2D eigenvalue weighted by atomic mass is 10.0. The van der Waals surface area contributed by atoms with Crippen LogP contribution in [-0.4, -0.2) is 70.5 Å².